The Hall–Kier alpha value is -1.94. The van der Waals surface area contributed by atoms with Crippen molar-refractivity contribution >= 4 is 11.8 Å². The molecule has 0 spiro atoms. The van der Waals surface area contributed by atoms with Crippen molar-refractivity contribution in [3.63, 3.8) is 0 Å². The average Bonchev–Trinajstić information content (AvgIpc) is 3.01. The number of hydrogen-bond donors (Lipinski definition) is 0. The Morgan fingerprint density at radius 1 is 1.19 bits per heavy atom. The van der Waals surface area contributed by atoms with E-state index in [0.29, 0.717) is 5.92 Å². The Bertz CT molecular complexity index is 718. The number of rotatable bonds is 5. The Morgan fingerprint density at radius 3 is 2.46 bits per heavy atom. The van der Waals surface area contributed by atoms with Gasteiger partial charge >= 0.3 is 5.97 Å². The highest BCUT2D eigenvalue weighted by Gasteiger charge is 2.55. The summed E-state index contributed by atoms with van der Waals surface area (Å²) >= 11 is 0. The highest BCUT2D eigenvalue weighted by atomic mass is 16.7. The van der Waals surface area contributed by atoms with Crippen molar-refractivity contribution in [3.05, 3.63) is 47.5 Å². The van der Waals surface area contributed by atoms with Gasteiger partial charge in [-0.1, -0.05) is 51.1 Å². The number of carbonyl (C=O) groups excluding carboxylic acids is 2. The zero-order valence-electron chi connectivity index (χ0n) is 16.2. The van der Waals surface area contributed by atoms with Crippen LogP contribution in [0.3, 0.4) is 0 Å². The van der Waals surface area contributed by atoms with Crippen LogP contribution in [0.25, 0.3) is 0 Å². The molecule has 1 fully saturated rings. The lowest BCUT2D eigenvalue weighted by Crippen LogP contribution is -2.52. The summed E-state index contributed by atoms with van der Waals surface area (Å²) in [5.74, 6) is -2.09. The van der Waals surface area contributed by atoms with Gasteiger partial charge in [0.1, 0.15) is 5.78 Å². The lowest BCUT2D eigenvalue weighted by Gasteiger charge is -2.40. The first-order valence-corrected chi connectivity index (χ1v) is 9.46. The van der Waals surface area contributed by atoms with Crippen LogP contribution in [0.4, 0.5) is 0 Å². The second kappa shape index (κ2) is 6.99. The average molecular weight is 356 g/mol. The Labute approximate surface area is 155 Å². The third-order valence-corrected chi connectivity index (χ3v) is 5.55. The molecule has 0 unspecified atom stereocenters. The molecule has 0 radical (unpaired) electrons. The van der Waals surface area contributed by atoms with Gasteiger partial charge in [-0.2, -0.15) is 0 Å². The van der Waals surface area contributed by atoms with E-state index in [9.17, 15) is 9.59 Å². The molecule has 2 aliphatic rings. The minimum Gasteiger partial charge on any atom is -0.428 e. The molecule has 1 aromatic rings. The van der Waals surface area contributed by atoms with Gasteiger partial charge in [-0.25, -0.2) is 0 Å². The van der Waals surface area contributed by atoms with Gasteiger partial charge in [0.15, 0.2) is 0 Å². The summed E-state index contributed by atoms with van der Waals surface area (Å²) in [6.07, 6.45) is 4.28. The quantitative estimate of drug-likeness (QED) is 0.590. The Kier molecular flexibility index (Phi) is 5.07. The molecule has 2 bridgehead atoms. The smallest absolute Gasteiger partial charge is 0.315 e. The van der Waals surface area contributed by atoms with Gasteiger partial charge in [0.2, 0.25) is 5.79 Å². The van der Waals surface area contributed by atoms with Crippen molar-refractivity contribution < 1.29 is 19.1 Å². The standard InChI is InChI=1S/C22H28O4/c1-13(2)12-17-6-8-18(9-7-17)14(3)21(24)26-22-11-10-19(25-22)15(4)20(23)16(22)5/h6-11,13-16,19H,12H2,1-5H3/t14-,15-,16-,19-,22+/m0/s1. The molecule has 2 aliphatic heterocycles. The number of esters is 1. The van der Waals surface area contributed by atoms with Gasteiger partial charge in [-0.05, 0) is 43.4 Å². The first kappa shape index (κ1) is 18.8. The molecule has 0 aromatic heterocycles. The van der Waals surface area contributed by atoms with Crippen molar-refractivity contribution in [2.45, 2.75) is 58.8 Å². The molecule has 0 saturated carbocycles. The van der Waals surface area contributed by atoms with Crippen LogP contribution >= 0.6 is 0 Å². The van der Waals surface area contributed by atoms with E-state index < -0.39 is 17.6 Å². The van der Waals surface area contributed by atoms with Crippen molar-refractivity contribution in [2.75, 3.05) is 0 Å². The van der Waals surface area contributed by atoms with Gasteiger partial charge in [0.25, 0.3) is 0 Å². The number of Topliss-reactive ketones (excluding diaryl/α,β-unsaturated/α-hetero) is 1. The fourth-order valence-corrected chi connectivity index (χ4v) is 3.73. The fraction of sp³-hybridized carbons (Fsp3) is 0.545. The first-order chi connectivity index (χ1) is 12.2. The Morgan fingerprint density at radius 2 is 1.85 bits per heavy atom. The summed E-state index contributed by atoms with van der Waals surface area (Å²) in [6, 6.07) is 8.08. The minimum absolute atomic E-state index is 0.0738. The maximum Gasteiger partial charge on any atom is 0.315 e. The zero-order valence-corrected chi connectivity index (χ0v) is 16.2. The van der Waals surface area contributed by atoms with Gasteiger partial charge < -0.3 is 9.47 Å². The molecule has 0 N–H and O–H groups in total. The largest absolute Gasteiger partial charge is 0.428 e. The van der Waals surface area contributed by atoms with Crippen molar-refractivity contribution in [1.29, 1.82) is 0 Å². The third kappa shape index (κ3) is 3.35. The third-order valence-electron chi connectivity index (χ3n) is 5.55. The monoisotopic (exact) mass is 356 g/mol. The molecule has 4 nitrogen and oxygen atoms in total. The van der Waals surface area contributed by atoms with Crippen molar-refractivity contribution in [3.8, 4) is 0 Å². The summed E-state index contributed by atoms with van der Waals surface area (Å²) in [5.41, 5.74) is 2.16. The number of hydrogen-bond acceptors (Lipinski definition) is 4. The van der Waals surface area contributed by atoms with Crippen LogP contribution in [0, 0.1) is 17.8 Å². The number of ketones is 1. The molecule has 4 heteroatoms. The van der Waals surface area contributed by atoms with E-state index in [2.05, 4.69) is 26.0 Å². The van der Waals surface area contributed by atoms with Crippen molar-refractivity contribution in [1.82, 2.24) is 0 Å². The second-order valence-corrected chi connectivity index (χ2v) is 8.06. The number of fused-ring (bicyclic) bond motifs is 2. The van der Waals surface area contributed by atoms with Crippen LogP contribution in [-0.4, -0.2) is 23.6 Å². The highest BCUT2D eigenvalue weighted by molar-refractivity contribution is 5.87. The lowest BCUT2D eigenvalue weighted by atomic mass is 9.86. The van der Waals surface area contributed by atoms with Crippen molar-refractivity contribution in [2.24, 2.45) is 17.8 Å². The summed E-state index contributed by atoms with van der Waals surface area (Å²) in [6.45, 7) is 9.81. The fourth-order valence-electron chi connectivity index (χ4n) is 3.73. The first-order valence-electron chi connectivity index (χ1n) is 9.46. The van der Waals surface area contributed by atoms with Gasteiger partial charge in [0, 0.05) is 5.92 Å². The molecule has 26 heavy (non-hydrogen) atoms. The summed E-state index contributed by atoms with van der Waals surface area (Å²) < 4.78 is 11.7. The maximum absolute atomic E-state index is 12.7. The minimum atomic E-state index is -1.25. The van der Waals surface area contributed by atoms with Crippen LogP contribution in [0.2, 0.25) is 0 Å². The molecule has 0 aliphatic carbocycles. The van der Waals surface area contributed by atoms with E-state index in [1.165, 1.54) is 5.56 Å². The molecule has 0 amide bonds. The second-order valence-electron chi connectivity index (χ2n) is 8.06. The zero-order chi connectivity index (χ0) is 19.1. The molecule has 3 rings (SSSR count). The van der Waals surface area contributed by atoms with E-state index in [0.717, 1.165) is 12.0 Å². The van der Waals surface area contributed by atoms with E-state index in [1.807, 2.05) is 32.1 Å². The van der Waals surface area contributed by atoms with Crippen LogP contribution in [0.5, 0.6) is 0 Å². The molecule has 2 heterocycles. The number of benzene rings is 1. The molecule has 5 atom stereocenters. The van der Waals surface area contributed by atoms with E-state index in [-0.39, 0.29) is 23.8 Å². The predicted octanol–water partition coefficient (Wildman–Crippen LogP) is 4.04. The van der Waals surface area contributed by atoms with Crippen LogP contribution in [-0.2, 0) is 25.5 Å². The summed E-state index contributed by atoms with van der Waals surface area (Å²) in [5, 5.41) is 0. The lowest BCUT2D eigenvalue weighted by molar-refractivity contribution is -0.246. The molecular weight excluding hydrogens is 328 g/mol. The van der Waals surface area contributed by atoms with Crippen LogP contribution in [0.1, 0.15) is 51.7 Å². The summed E-state index contributed by atoms with van der Waals surface area (Å²) in [4.78, 5) is 25.2. The van der Waals surface area contributed by atoms with Gasteiger partial charge in [-0.15, -0.1) is 0 Å². The van der Waals surface area contributed by atoms with Crippen LogP contribution in [0.15, 0.2) is 36.4 Å². The SMILES string of the molecule is CC(C)Cc1ccc([C@H](C)C(=O)O[C@@]23C=C[C@H](O2)[C@H](C)C(=O)[C@@H]3C)cc1. The Balaban J connectivity index is 1.72. The maximum atomic E-state index is 12.7. The van der Waals surface area contributed by atoms with Crippen LogP contribution < -0.4 is 0 Å². The highest BCUT2D eigenvalue weighted by Crippen LogP contribution is 2.42. The molecule has 140 valence electrons. The molecular formula is C22H28O4. The molecule has 1 saturated heterocycles. The van der Waals surface area contributed by atoms with Gasteiger partial charge in [0.05, 0.1) is 17.9 Å². The predicted molar refractivity (Wildman–Crippen MR) is 99.6 cm³/mol. The summed E-state index contributed by atoms with van der Waals surface area (Å²) in [7, 11) is 0. The van der Waals surface area contributed by atoms with E-state index in [1.54, 1.807) is 13.0 Å². The topological polar surface area (TPSA) is 52.6 Å². The normalized spacial score (nSPS) is 31.3. The molecule has 1 aromatic carbocycles. The van der Waals surface area contributed by atoms with Gasteiger partial charge in [-0.3, -0.25) is 9.59 Å². The number of ether oxygens (including phenoxy) is 2. The number of carbonyl (C=O) groups is 2. The van der Waals surface area contributed by atoms with E-state index in [4.69, 9.17) is 9.47 Å². The van der Waals surface area contributed by atoms with E-state index >= 15 is 0 Å².